The van der Waals surface area contributed by atoms with Crippen molar-refractivity contribution in [2.45, 2.75) is 38.6 Å². The second-order valence-electron chi connectivity index (χ2n) is 6.17. The second-order valence-corrected chi connectivity index (χ2v) is 6.17. The molecule has 1 unspecified atom stereocenters. The van der Waals surface area contributed by atoms with Gasteiger partial charge in [-0.3, -0.25) is 4.79 Å². The molecular formula is C20H22FN3O. The van der Waals surface area contributed by atoms with Gasteiger partial charge in [0.2, 0.25) is 0 Å². The number of H-pyrrole nitrogens is 1. The highest BCUT2D eigenvalue weighted by atomic mass is 19.1. The van der Waals surface area contributed by atoms with E-state index in [0.29, 0.717) is 5.56 Å². The quantitative estimate of drug-likeness (QED) is 0.610. The van der Waals surface area contributed by atoms with E-state index < -0.39 is 0 Å². The molecule has 0 fully saturated rings. The number of hydrogen-bond acceptors (Lipinski definition) is 2. The van der Waals surface area contributed by atoms with Crippen molar-refractivity contribution in [3.8, 4) is 0 Å². The third kappa shape index (κ3) is 4.24. The van der Waals surface area contributed by atoms with Gasteiger partial charge in [-0.05, 0) is 42.8 Å². The summed E-state index contributed by atoms with van der Waals surface area (Å²) in [7, 11) is 0. The van der Waals surface area contributed by atoms with Crippen LogP contribution in [0.1, 0.15) is 54.8 Å². The van der Waals surface area contributed by atoms with Gasteiger partial charge < -0.3 is 10.3 Å². The topological polar surface area (TPSA) is 57.8 Å². The average Bonchev–Trinajstić information content (AvgIpc) is 3.05. The van der Waals surface area contributed by atoms with E-state index in [2.05, 4.69) is 22.2 Å². The van der Waals surface area contributed by atoms with Crippen molar-refractivity contribution < 1.29 is 9.18 Å². The fourth-order valence-electron chi connectivity index (χ4n) is 2.86. The number of benzene rings is 2. The lowest BCUT2D eigenvalue weighted by atomic mass is 10.1. The molecule has 25 heavy (non-hydrogen) atoms. The predicted molar refractivity (Wildman–Crippen MR) is 96.8 cm³/mol. The Morgan fingerprint density at radius 2 is 1.92 bits per heavy atom. The first-order chi connectivity index (χ1) is 12.2. The molecule has 2 aromatic carbocycles. The fourth-order valence-corrected chi connectivity index (χ4v) is 2.86. The third-order valence-corrected chi connectivity index (χ3v) is 4.25. The zero-order valence-corrected chi connectivity index (χ0v) is 14.3. The Bertz CT molecular complexity index is 809. The van der Waals surface area contributed by atoms with Crippen molar-refractivity contribution in [2.24, 2.45) is 0 Å². The molecule has 0 aliphatic carbocycles. The van der Waals surface area contributed by atoms with Gasteiger partial charge >= 0.3 is 0 Å². The number of rotatable bonds is 7. The molecule has 1 amide bonds. The Morgan fingerprint density at radius 1 is 1.16 bits per heavy atom. The van der Waals surface area contributed by atoms with Crippen molar-refractivity contribution in [3.05, 3.63) is 65.7 Å². The first-order valence-electron chi connectivity index (χ1n) is 8.68. The van der Waals surface area contributed by atoms with Crippen molar-refractivity contribution >= 4 is 16.9 Å². The van der Waals surface area contributed by atoms with Gasteiger partial charge in [-0.1, -0.05) is 38.3 Å². The van der Waals surface area contributed by atoms with Gasteiger partial charge in [0.15, 0.2) is 0 Å². The van der Waals surface area contributed by atoms with E-state index in [0.717, 1.165) is 42.5 Å². The molecule has 0 aliphatic heterocycles. The number of nitrogens with zero attached hydrogens (tertiary/aromatic N) is 1. The van der Waals surface area contributed by atoms with E-state index in [1.165, 1.54) is 24.3 Å². The summed E-state index contributed by atoms with van der Waals surface area (Å²) in [6, 6.07) is 13.2. The summed E-state index contributed by atoms with van der Waals surface area (Å²) in [5.41, 5.74) is 2.28. The molecule has 130 valence electrons. The lowest BCUT2D eigenvalue weighted by Crippen LogP contribution is -2.29. The van der Waals surface area contributed by atoms with Crippen LogP contribution in [0.4, 0.5) is 4.39 Å². The fraction of sp³-hybridized carbons (Fsp3) is 0.300. The van der Waals surface area contributed by atoms with Crippen LogP contribution in [-0.4, -0.2) is 15.9 Å². The highest BCUT2D eigenvalue weighted by Crippen LogP contribution is 2.21. The highest BCUT2D eigenvalue weighted by Gasteiger charge is 2.19. The van der Waals surface area contributed by atoms with E-state index in [4.69, 9.17) is 0 Å². The first kappa shape index (κ1) is 17.1. The van der Waals surface area contributed by atoms with Gasteiger partial charge in [-0.15, -0.1) is 0 Å². The molecule has 1 atom stereocenters. The van der Waals surface area contributed by atoms with Crippen LogP contribution in [0.2, 0.25) is 0 Å². The minimum absolute atomic E-state index is 0.198. The highest BCUT2D eigenvalue weighted by molar-refractivity contribution is 5.94. The standard InChI is InChI=1S/C20H22FN3O/c1-2-3-4-9-18(19-22-16-7-5-6-8-17(16)23-19)24-20(25)14-10-12-15(21)13-11-14/h5-8,10-13,18H,2-4,9H2,1H3,(H,22,23)(H,24,25). The Hall–Kier alpha value is -2.69. The second kappa shape index (κ2) is 7.92. The summed E-state index contributed by atoms with van der Waals surface area (Å²) in [6.45, 7) is 2.15. The maximum atomic E-state index is 13.1. The molecule has 0 spiro atoms. The number of halogens is 1. The monoisotopic (exact) mass is 339 g/mol. The molecule has 3 aromatic rings. The number of aromatic amines is 1. The van der Waals surface area contributed by atoms with Crippen LogP contribution >= 0.6 is 0 Å². The summed E-state index contributed by atoms with van der Waals surface area (Å²) in [5.74, 6) is 0.183. The molecular weight excluding hydrogens is 317 g/mol. The van der Waals surface area contributed by atoms with Crippen LogP contribution in [0.25, 0.3) is 11.0 Å². The Morgan fingerprint density at radius 3 is 2.64 bits per heavy atom. The number of unbranched alkanes of at least 4 members (excludes halogenated alkanes) is 2. The van der Waals surface area contributed by atoms with Gasteiger partial charge in [0, 0.05) is 5.56 Å². The number of nitrogens with one attached hydrogen (secondary N) is 2. The molecule has 3 rings (SSSR count). The predicted octanol–water partition coefficient (Wildman–Crippen LogP) is 4.75. The zero-order chi connectivity index (χ0) is 17.6. The van der Waals surface area contributed by atoms with E-state index in [-0.39, 0.29) is 17.8 Å². The first-order valence-corrected chi connectivity index (χ1v) is 8.68. The lowest BCUT2D eigenvalue weighted by Gasteiger charge is -2.16. The average molecular weight is 339 g/mol. The van der Waals surface area contributed by atoms with E-state index in [1.54, 1.807) is 0 Å². The van der Waals surface area contributed by atoms with Crippen LogP contribution in [0.5, 0.6) is 0 Å². The number of para-hydroxylation sites is 2. The lowest BCUT2D eigenvalue weighted by molar-refractivity contribution is 0.0932. The summed E-state index contributed by atoms with van der Waals surface area (Å²) in [5, 5.41) is 3.03. The number of hydrogen-bond donors (Lipinski definition) is 2. The summed E-state index contributed by atoms with van der Waals surface area (Å²) >= 11 is 0. The van der Waals surface area contributed by atoms with Gasteiger partial charge in [0.05, 0.1) is 17.1 Å². The van der Waals surface area contributed by atoms with Crippen molar-refractivity contribution in [2.75, 3.05) is 0 Å². The van der Waals surface area contributed by atoms with E-state index in [1.807, 2.05) is 24.3 Å². The molecule has 0 saturated carbocycles. The maximum absolute atomic E-state index is 13.1. The molecule has 4 nitrogen and oxygen atoms in total. The number of amides is 1. The van der Waals surface area contributed by atoms with Crippen molar-refractivity contribution in [3.63, 3.8) is 0 Å². The number of carbonyl (C=O) groups excluding carboxylic acids is 1. The maximum Gasteiger partial charge on any atom is 0.251 e. The smallest absolute Gasteiger partial charge is 0.251 e. The summed E-state index contributed by atoms with van der Waals surface area (Å²) in [4.78, 5) is 20.4. The van der Waals surface area contributed by atoms with Gasteiger partial charge in [-0.2, -0.15) is 0 Å². The van der Waals surface area contributed by atoms with Crippen LogP contribution in [0.3, 0.4) is 0 Å². The molecule has 1 heterocycles. The van der Waals surface area contributed by atoms with Crippen LogP contribution in [0, 0.1) is 5.82 Å². The summed E-state index contributed by atoms with van der Waals surface area (Å²) < 4.78 is 13.1. The van der Waals surface area contributed by atoms with Gasteiger partial charge in [-0.25, -0.2) is 9.37 Å². The zero-order valence-electron chi connectivity index (χ0n) is 14.3. The molecule has 0 saturated heterocycles. The minimum Gasteiger partial charge on any atom is -0.342 e. The normalized spacial score (nSPS) is 12.2. The number of fused-ring (bicyclic) bond motifs is 1. The van der Waals surface area contributed by atoms with Crippen LogP contribution < -0.4 is 5.32 Å². The molecule has 2 N–H and O–H groups in total. The van der Waals surface area contributed by atoms with Crippen molar-refractivity contribution in [1.82, 2.24) is 15.3 Å². The number of aromatic nitrogens is 2. The number of imidazole rings is 1. The van der Waals surface area contributed by atoms with Crippen molar-refractivity contribution in [1.29, 1.82) is 0 Å². The summed E-state index contributed by atoms with van der Waals surface area (Å²) in [6.07, 6.45) is 4.02. The Kier molecular flexibility index (Phi) is 5.43. The van der Waals surface area contributed by atoms with Gasteiger partial charge in [0.1, 0.15) is 11.6 Å². The van der Waals surface area contributed by atoms with Crippen LogP contribution in [-0.2, 0) is 0 Å². The SMILES string of the molecule is CCCCCC(NC(=O)c1ccc(F)cc1)c1nc2ccccc2[nH]1. The Balaban J connectivity index is 1.80. The minimum atomic E-state index is -0.353. The molecule has 1 aromatic heterocycles. The van der Waals surface area contributed by atoms with E-state index in [9.17, 15) is 9.18 Å². The Labute approximate surface area is 146 Å². The molecule has 0 radical (unpaired) electrons. The third-order valence-electron chi connectivity index (χ3n) is 4.25. The molecule has 0 bridgehead atoms. The molecule has 5 heteroatoms. The molecule has 0 aliphatic rings. The van der Waals surface area contributed by atoms with Gasteiger partial charge in [0.25, 0.3) is 5.91 Å². The van der Waals surface area contributed by atoms with Crippen LogP contribution in [0.15, 0.2) is 48.5 Å². The largest absolute Gasteiger partial charge is 0.342 e. The number of carbonyl (C=O) groups is 1. The van der Waals surface area contributed by atoms with E-state index >= 15 is 0 Å².